The fraction of sp³-hybridized carbons (Fsp3) is 0.800. The van der Waals surface area contributed by atoms with Crippen LogP contribution in [0.3, 0.4) is 0 Å². The summed E-state index contributed by atoms with van der Waals surface area (Å²) in [6, 6.07) is -1.07. The van der Waals surface area contributed by atoms with Gasteiger partial charge in [0.1, 0.15) is 0 Å². The van der Waals surface area contributed by atoms with Crippen molar-refractivity contribution in [2.75, 3.05) is 6.54 Å². The zero-order valence-corrected chi connectivity index (χ0v) is 9.79. The first-order valence-electron chi connectivity index (χ1n) is 5.65. The summed E-state index contributed by atoms with van der Waals surface area (Å²) in [6.45, 7) is 2.57. The van der Waals surface area contributed by atoms with Gasteiger partial charge in [-0.3, -0.25) is 0 Å². The van der Waals surface area contributed by atoms with Crippen LogP contribution in [0.4, 0.5) is 9.59 Å². The summed E-state index contributed by atoms with van der Waals surface area (Å²) in [7, 11) is 0. The predicted octanol–water partition coefficient (Wildman–Crippen LogP) is 0.662. The highest BCUT2D eigenvalue weighted by atomic mass is 16.2. The molecule has 0 saturated heterocycles. The van der Waals surface area contributed by atoms with Crippen LogP contribution in [0.5, 0.6) is 0 Å². The topological polar surface area (TPSA) is 110 Å². The Morgan fingerprint density at radius 1 is 1.12 bits per heavy atom. The van der Waals surface area contributed by atoms with Gasteiger partial charge in [0, 0.05) is 12.6 Å². The molecular formula is C10H22N4O2. The molecule has 6 nitrogen and oxygen atoms in total. The van der Waals surface area contributed by atoms with E-state index in [4.69, 9.17) is 11.5 Å². The van der Waals surface area contributed by atoms with Crippen LogP contribution in [-0.4, -0.2) is 24.6 Å². The number of unbranched alkanes of at least 4 members (excludes halogenated alkanes) is 2. The summed E-state index contributed by atoms with van der Waals surface area (Å²) in [5, 5.41) is 5.15. The quantitative estimate of drug-likeness (QED) is 0.459. The Hall–Kier alpha value is -1.46. The monoisotopic (exact) mass is 230 g/mol. The Balaban J connectivity index is 3.80. The Morgan fingerprint density at radius 2 is 1.81 bits per heavy atom. The van der Waals surface area contributed by atoms with E-state index in [-0.39, 0.29) is 6.04 Å². The van der Waals surface area contributed by atoms with Gasteiger partial charge in [0.15, 0.2) is 0 Å². The van der Waals surface area contributed by atoms with Gasteiger partial charge in [-0.15, -0.1) is 0 Å². The SMILES string of the molecule is CCCCCC(CCNC(N)=O)NC(N)=O. The zero-order valence-electron chi connectivity index (χ0n) is 9.79. The second kappa shape index (κ2) is 8.82. The lowest BCUT2D eigenvalue weighted by molar-refractivity contribution is 0.242. The average Bonchev–Trinajstić information content (AvgIpc) is 2.16. The van der Waals surface area contributed by atoms with Gasteiger partial charge in [-0.2, -0.15) is 0 Å². The second-order valence-corrected chi connectivity index (χ2v) is 3.78. The summed E-state index contributed by atoms with van der Waals surface area (Å²) in [4.78, 5) is 21.2. The summed E-state index contributed by atoms with van der Waals surface area (Å²) in [6.07, 6.45) is 4.81. The van der Waals surface area contributed by atoms with Crippen LogP contribution in [0.25, 0.3) is 0 Å². The van der Waals surface area contributed by atoms with Gasteiger partial charge in [-0.1, -0.05) is 26.2 Å². The standard InChI is InChI=1S/C10H22N4O2/c1-2-3-4-5-8(14-10(12)16)6-7-13-9(11)15/h8H,2-7H2,1H3,(H3,11,13,15)(H3,12,14,16). The van der Waals surface area contributed by atoms with Crippen molar-refractivity contribution in [3.63, 3.8) is 0 Å². The van der Waals surface area contributed by atoms with Gasteiger partial charge in [-0.25, -0.2) is 9.59 Å². The average molecular weight is 230 g/mol. The van der Waals surface area contributed by atoms with Gasteiger partial charge in [0.2, 0.25) is 0 Å². The van der Waals surface area contributed by atoms with Gasteiger partial charge in [0.25, 0.3) is 0 Å². The van der Waals surface area contributed by atoms with Crippen molar-refractivity contribution in [2.24, 2.45) is 11.5 Å². The highest BCUT2D eigenvalue weighted by molar-refractivity contribution is 5.72. The molecule has 0 radical (unpaired) electrons. The van der Waals surface area contributed by atoms with Crippen molar-refractivity contribution in [3.8, 4) is 0 Å². The minimum Gasteiger partial charge on any atom is -0.352 e. The van der Waals surface area contributed by atoms with E-state index in [1.165, 1.54) is 0 Å². The summed E-state index contributed by atoms with van der Waals surface area (Å²) in [5.74, 6) is 0. The van der Waals surface area contributed by atoms with Gasteiger partial charge in [-0.05, 0) is 12.8 Å². The molecule has 0 bridgehead atoms. The minimum absolute atomic E-state index is 0.0101. The molecule has 6 N–H and O–H groups in total. The van der Waals surface area contributed by atoms with Crippen LogP contribution in [0.15, 0.2) is 0 Å². The molecule has 16 heavy (non-hydrogen) atoms. The molecule has 1 unspecified atom stereocenters. The maximum atomic E-state index is 10.7. The fourth-order valence-corrected chi connectivity index (χ4v) is 1.50. The van der Waals surface area contributed by atoms with Crippen LogP contribution in [0, 0.1) is 0 Å². The number of primary amides is 2. The van der Waals surface area contributed by atoms with E-state index in [9.17, 15) is 9.59 Å². The highest BCUT2D eigenvalue weighted by Gasteiger charge is 2.09. The lowest BCUT2D eigenvalue weighted by Crippen LogP contribution is -2.41. The third-order valence-corrected chi connectivity index (χ3v) is 2.29. The zero-order chi connectivity index (χ0) is 12.4. The van der Waals surface area contributed by atoms with E-state index in [1.807, 2.05) is 0 Å². The Kier molecular flexibility index (Phi) is 8.01. The first kappa shape index (κ1) is 14.5. The first-order valence-corrected chi connectivity index (χ1v) is 5.65. The van der Waals surface area contributed by atoms with E-state index < -0.39 is 12.1 Å². The van der Waals surface area contributed by atoms with Crippen molar-refractivity contribution in [1.29, 1.82) is 0 Å². The van der Waals surface area contributed by atoms with E-state index in [2.05, 4.69) is 17.6 Å². The second-order valence-electron chi connectivity index (χ2n) is 3.78. The molecule has 0 aliphatic heterocycles. The van der Waals surface area contributed by atoms with Crippen LogP contribution in [0.2, 0.25) is 0 Å². The fourth-order valence-electron chi connectivity index (χ4n) is 1.50. The molecule has 0 aromatic heterocycles. The smallest absolute Gasteiger partial charge is 0.312 e. The number of hydrogen-bond acceptors (Lipinski definition) is 2. The molecule has 0 heterocycles. The van der Waals surface area contributed by atoms with E-state index in [0.29, 0.717) is 13.0 Å². The molecule has 0 aliphatic rings. The van der Waals surface area contributed by atoms with Crippen LogP contribution >= 0.6 is 0 Å². The molecule has 0 spiro atoms. The molecule has 0 aromatic carbocycles. The number of nitrogens with two attached hydrogens (primary N) is 2. The number of nitrogens with one attached hydrogen (secondary N) is 2. The predicted molar refractivity (Wildman–Crippen MR) is 62.9 cm³/mol. The van der Waals surface area contributed by atoms with Crippen molar-refractivity contribution >= 4 is 12.1 Å². The molecule has 1 atom stereocenters. The first-order chi connectivity index (χ1) is 7.56. The normalized spacial score (nSPS) is 11.8. The van der Waals surface area contributed by atoms with Crippen molar-refractivity contribution in [3.05, 3.63) is 0 Å². The lowest BCUT2D eigenvalue weighted by Gasteiger charge is -2.17. The molecular weight excluding hydrogens is 208 g/mol. The number of hydrogen-bond donors (Lipinski definition) is 4. The van der Waals surface area contributed by atoms with Gasteiger partial charge < -0.3 is 22.1 Å². The molecule has 0 saturated carbocycles. The van der Waals surface area contributed by atoms with E-state index in [0.717, 1.165) is 25.7 Å². The molecule has 0 rings (SSSR count). The molecule has 94 valence electrons. The maximum Gasteiger partial charge on any atom is 0.312 e. The third kappa shape index (κ3) is 9.11. The van der Waals surface area contributed by atoms with Crippen LogP contribution < -0.4 is 22.1 Å². The van der Waals surface area contributed by atoms with Crippen molar-refractivity contribution in [2.45, 2.75) is 45.1 Å². The summed E-state index contributed by atoms with van der Waals surface area (Å²) in [5.41, 5.74) is 10.0. The summed E-state index contributed by atoms with van der Waals surface area (Å²) < 4.78 is 0. The Bertz CT molecular complexity index is 221. The number of carbonyl (C=O) groups excluding carboxylic acids is 2. The Morgan fingerprint density at radius 3 is 2.31 bits per heavy atom. The summed E-state index contributed by atoms with van der Waals surface area (Å²) >= 11 is 0. The lowest BCUT2D eigenvalue weighted by atomic mass is 10.1. The van der Waals surface area contributed by atoms with Gasteiger partial charge in [0.05, 0.1) is 0 Å². The number of amides is 4. The largest absolute Gasteiger partial charge is 0.352 e. The number of rotatable bonds is 8. The van der Waals surface area contributed by atoms with E-state index >= 15 is 0 Å². The molecule has 4 amide bonds. The Labute approximate surface area is 96.1 Å². The van der Waals surface area contributed by atoms with Crippen molar-refractivity contribution < 1.29 is 9.59 Å². The van der Waals surface area contributed by atoms with E-state index in [1.54, 1.807) is 0 Å². The highest BCUT2D eigenvalue weighted by Crippen LogP contribution is 2.05. The number of urea groups is 2. The molecule has 0 aromatic rings. The van der Waals surface area contributed by atoms with Crippen LogP contribution in [0.1, 0.15) is 39.0 Å². The molecule has 0 fully saturated rings. The minimum atomic E-state index is -0.550. The third-order valence-electron chi connectivity index (χ3n) is 2.29. The van der Waals surface area contributed by atoms with Crippen molar-refractivity contribution in [1.82, 2.24) is 10.6 Å². The maximum absolute atomic E-state index is 10.7. The number of carbonyl (C=O) groups is 2. The van der Waals surface area contributed by atoms with Crippen LogP contribution in [-0.2, 0) is 0 Å². The molecule has 6 heteroatoms. The molecule has 0 aliphatic carbocycles. The van der Waals surface area contributed by atoms with Gasteiger partial charge >= 0.3 is 12.1 Å².